The molecular formula is C22H28N2O4. The molecule has 150 valence electrons. The lowest BCUT2D eigenvalue weighted by molar-refractivity contribution is -0.711. The Bertz CT molecular complexity index is 919. The summed E-state index contributed by atoms with van der Waals surface area (Å²) in [5, 5.41) is 20.4. The lowest BCUT2D eigenvalue weighted by atomic mass is 9.79. The van der Waals surface area contributed by atoms with Crippen LogP contribution >= 0.6 is 0 Å². The molecule has 6 heteroatoms. The first kappa shape index (κ1) is 21.4. The van der Waals surface area contributed by atoms with E-state index in [1.165, 1.54) is 6.07 Å². The maximum Gasteiger partial charge on any atom is 0.299 e. The molecule has 0 spiro atoms. The van der Waals surface area contributed by atoms with Gasteiger partial charge in [0.1, 0.15) is 11.5 Å². The molecule has 0 fully saturated rings. The van der Waals surface area contributed by atoms with Gasteiger partial charge in [-0.2, -0.15) is 0 Å². The molecule has 0 unspecified atom stereocenters. The van der Waals surface area contributed by atoms with Crippen molar-refractivity contribution in [2.24, 2.45) is 4.99 Å². The molecule has 1 N–H and O–H groups in total. The van der Waals surface area contributed by atoms with Crippen LogP contribution in [0.5, 0.6) is 11.5 Å². The molecule has 0 saturated carbocycles. The molecule has 0 aliphatic heterocycles. The maximum absolute atomic E-state index is 10.8. The van der Waals surface area contributed by atoms with E-state index in [1.807, 2.05) is 6.07 Å². The molecule has 0 aliphatic carbocycles. The number of aliphatic imine (C=N–C) groups is 1. The van der Waals surface area contributed by atoms with Gasteiger partial charge in [0, 0.05) is 17.3 Å². The Hall–Kier alpha value is -2.89. The van der Waals surface area contributed by atoms with Crippen LogP contribution in [0.15, 0.2) is 35.3 Å². The van der Waals surface area contributed by atoms with E-state index in [4.69, 9.17) is 0 Å². The molecule has 0 saturated heterocycles. The van der Waals surface area contributed by atoms with Gasteiger partial charge in [-0.3, -0.25) is 9.83 Å². The van der Waals surface area contributed by atoms with E-state index in [2.05, 4.69) is 57.4 Å². The van der Waals surface area contributed by atoms with Crippen LogP contribution < -0.4 is 4.84 Å². The number of hydrogen-bond acceptors (Lipinski definition) is 5. The van der Waals surface area contributed by atoms with E-state index in [0.717, 1.165) is 16.7 Å². The van der Waals surface area contributed by atoms with Gasteiger partial charge in [0.15, 0.2) is 0 Å². The zero-order valence-electron chi connectivity index (χ0n) is 17.5. The van der Waals surface area contributed by atoms with E-state index in [1.54, 1.807) is 25.3 Å². The monoisotopic (exact) mass is 384 g/mol. The molecule has 0 aliphatic rings. The molecule has 28 heavy (non-hydrogen) atoms. The van der Waals surface area contributed by atoms with Gasteiger partial charge in [0.2, 0.25) is 0 Å². The summed E-state index contributed by atoms with van der Waals surface area (Å²) in [5.41, 5.74) is 3.71. The summed E-state index contributed by atoms with van der Waals surface area (Å²) in [5.74, 6) is 0.365. The van der Waals surface area contributed by atoms with E-state index in [9.17, 15) is 15.2 Å². The SMILES string of the molecule is Cc1cc(O[N+](=O)[O-])ccc1N=Cc1cc(C(C)(C)C)cc(C(C)(C)C)c1O. The van der Waals surface area contributed by atoms with Gasteiger partial charge in [-0.25, -0.2) is 0 Å². The first-order valence-corrected chi connectivity index (χ1v) is 9.14. The summed E-state index contributed by atoms with van der Waals surface area (Å²) < 4.78 is 0. The molecule has 0 heterocycles. The third-order valence-corrected chi connectivity index (χ3v) is 4.50. The van der Waals surface area contributed by atoms with Gasteiger partial charge in [-0.15, -0.1) is 10.1 Å². The Morgan fingerprint density at radius 2 is 1.71 bits per heavy atom. The minimum atomic E-state index is -0.845. The third-order valence-electron chi connectivity index (χ3n) is 4.50. The Labute approximate surface area is 166 Å². The molecule has 2 aromatic rings. The number of aromatic hydroxyl groups is 1. The molecule has 0 aromatic heterocycles. The maximum atomic E-state index is 10.8. The minimum absolute atomic E-state index is 0.0757. The number of phenolic OH excluding ortho intramolecular Hbond substituents is 1. The lowest BCUT2D eigenvalue weighted by Crippen LogP contribution is -2.17. The number of aryl methyl sites for hydroxylation is 1. The fourth-order valence-electron chi connectivity index (χ4n) is 2.81. The van der Waals surface area contributed by atoms with Crippen molar-refractivity contribution in [3.05, 3.63) is 62.7 Å². The molecule has 0 bridgehead atoms. The second-order valence-corrected chi connectivity index (χ2v) is 8.98. The highest BCUT2D eigenvalue weighted by atomic mass is 17.0. The molecule has 0 amide bonds. The molecule has 0 radical (unpaired) electrons. The smallest absolute Gasteiger partial charge is 0.299 e. The predicted molar refractivity (Wildman–Crippen MR) is 112 cm³/mol. The van der Waals surface area contributed by atoms with Crippen LogP contribution in [0.4, 0.5) is 5.69 Å². The zero-order chi connectivity index (χ0) is 21.3. The highest BCUT2D eigenvalue weighted by Gasteiger charge is 2.24. The number of benzene rings is 2. The van der Waals surface area contributed by atoms with Gasteiger partial charge in [-0.05, 0) is 53.1 Å². The van der Waals surface area contributed by atoms with Crippen molar-refractivity contribution in [1.29, 1.82) is 0 Å². The number of hydrogen-bond donors (Lipinski definition) is 1. The summed E-state index contributed by atoms with van der Waals surface area (Å²) in [7, 11) is 0. The number of phenols is 1. The van der Waals surface area contributed by atoms with Crippen LogP contribution in [0, 0.1) is 17.0 Å². The average molecular weight is 384 g/mol. The first-order chi connectivity index (χ1) is 12.8. The fourth-order valence-corrected chi connectivity index (χ4v) is 2.81. The topological polar surface area (TPSA) is 85.0 Å². The highest BCUT2D eigenvalue weighted by molar-refractivity contribution is 5.87. The van der Waals surface area contributed by atoms with Crippen molar-refractivity contribution >= 4 is 11.9 Å². The van der Waals surface area contributed by atoms with Gasteiger partial charge in [0.25, 0.3) is 5.09 Å². The van der Waals surface area contributed by atoms with Crippen molar-refractivity contribution in [1.82, 2.24) is 0 Å². The van der Waals surface area contributed by atoms with Crippen molar-refractivity contribution < 1.29 is 15.0 Å². The lowest BCUT2D eigenvalue weighted by Gasteiger charge is -2.27. The average Bonchev–Trinajstić information content (AvgIpc) is 2.52. The Morgan fingerprint density at radius 3 is 2.21 bits per heavy atom. The van der Waals surface area contributed by atoms with E-state index in [0.29, 0.717) is 11.3 Å². The summed E-state index contributed by atoms with van der Waals surface area (Å²) in [6.07, 6.45) is 1.64. The molecule has 2 aromatic carbocycles. The Kier molecular flexibility index (Phi) is 5.83. The summed E-state index contributed by atoms with van der Waals surface area (Å²) in [6, 6.07) is 8.71. The Morgan fingerprint density at radius 1 is 1.07 bits per heavy atom. The van der Waals surface area contributed by atoms with Crippen LogP contribution in [-0.4, -0.2) is 16.4 Å². The van der Waals surface area contributed by atoms with Crippen LogP contribution in [0.25, 0.3) is 0 Å². The number of rotatable bonds is 4. The van der Waals surface area contributed by atoms with E-state index < -0.39 is 5.09 Å². The molecule has 6 nitrogen and oxygen atoms in total. The van der Waals surface area contributed by atoms with Gasteiger partial charge in [0.05, 0.1) is 5.69 Å². The summed E-state index contributed by atoms with van der Waals surface area (Å²) in [6.45, 7) is 14.4. The Balaban J connectivity index is 2.49. The van der Waals surface area contributed by atoms with E-state index in [-0.39, 0.29) is 22.3 Å². The normalized spacial score (nSPS) is 12.4. The zero-order valence-corrected chi connectivity index (χ0v) is 17.5. The fraction of sp³-hybridized carbons (Fsp3) is 0.409. The predicted octanol–water partition coefficient (Wildman–Crippen LogP) is 5.62. The quantitative estimate of drug-likeness (QED) is 0.421. The van der Waals surface area contributed by atoms with Gasteiger partial charge in [-0.1, -0.05) is 47.6 Å². The molecular weight excluding hydrogens is 356 g/mol. The second-order valence-electron chi connectivity index (χ2n) is 8.98. The van der Waals surface area contributed by atoms with Crippen molar-refractivity contribution in [3.63, 3.8) is 0 Å². The van der Waals surface area contributed by atoms with Gasteiger partial charge < -0.3 is 5.11 Å². The minimum Gasteiger partial charge on any atom is -0.507 e. The van der Waals surface area contributed by atoms with Gasteiger partial charge >= 0.3 is 0 Å². The highest BCUT2D eigenvalue weighted by Crippen LogP contribution is 2.37. The molecule has 2 rings (SSSR count). The van der Waals surface area contributed by atoms with Crippen LogP contribution in [0.2, 0.25) is 0 Å². The van der Waals surface area contributed by atoms with E-state index >= 15 is 0 Å². The molecule has 0 atom stereocenters. The first-order valence-electron chi connectivity index (χ1n) is 9.14. The van der Waals surface area contributed by atoms with Crippen molar-refractivity contribution in [3.8, 4) is 11.5 Å². The van der Waals surface area contributed by atoms with Crippen LogP contribution in [-0.2, 0) is 10.8 Å². The number of nitrogens with zero attached hydrogens (tertiary/aromatic N) is 2. The summed E-state index contributed by atoms with van der Waals surface area (Å²) >= 11 is 0. The van der Waals surface area contributed by atoms with Crippen LogP contribution in [0.1, 0.15) is 63.8 Å². The van der Waals surface area contributed by atoms with Crippen LogP contribution in [0.3, 0.4) is 0 Å². The standard InChI is InChI=1S/C22H28N2O4/c1-14-10-17(28-24(26)27)8-9-19(14)23-13-15-11-16(21(2,3)4)12-18(20(15)25)22(5,6)7/h8-13,25H,1-7H3. The summed E-state index contributed by atoms with van der Waals surface area (Å²) in [4.78, 5) is 19.4. The van der Waals surface area contributed by atoms with Crippen molar-refractivity contribution in [2.45, 2.75) is 59.3 Å². The van der Waals surface area contributed by atoms with Crippen molar-refractivity contribution in [2.75, 3.05) is 0 Å². The third kappa shape index (κ3) is 5.09. The second kappa shape index (κ2) is 7.62. The largest absolute Gasteiger partial charge is 0.507 e.